The Morgan fingerprint density at radius 2 is 2.11 bits per heavy atom. The van der Waals surface area contributed by atoms with E-state index in [1.165, 1.54) is 0 Å². The van der Waals surface area contributed by atoms with Crippen LogP contribution in [0.3, 0.4) is 0 Å². The van der Waals surface area contributed by atoms with E-state index in [4.69, 9.17) is 5.73 Å². The summed E-state index contributed by atoms with van der Waals surface area (Å²) in [6.45, 7) is 2.95. The van der Waals surface area contributed by atoms with Crippen molar-refractivity contribution in [1.29, 1.82) is 0 Å². The van der Waals surface area contributed by atoms with Crippen molar-refractivity contribution < 1.29 is 4.79 Å². The van der Waals surface area contributed by atoms with Crippen molar-refractivity contribution in [2.45, 2.75) is 31.8 Å². The maximum Gasteiger partial charge on any atom is 0.248 e. The first-order valence-corrected chi connectivity index (χ1v) is 9.52. The van der Waals surface area contributed by atoms with Crippen LogP contribution in [0.2, 0.25) is 0 Å². The van der Waals surface area contributed by atoms with Gasteiger partial charge in [0.25, 0.3) is 0 Å². The van der Waals surface area contributed by atoms with Crippen LogP contribution in [0.25, 0.3) is 0 Å². The summed E-state index contributed by atoms with van der Waals surface area (Å²) < 4.78 is 0. The number of pyridine rings is 1. The average Bonchev–Trinajstić information content (AvgIpc) is 2.87. The van der Waals surface area contributed by atoms with Gasteiger partial charge in [0.1, 0.15) is 5.82 Å². The number of primary amides is 1. The van der Waals surface area contributed by atoms with Crippen LogP contribution < -0.4 is 16.0 Å². The number of anilines is 2. The summed E-state index contributed by atoms with van der Waals surface area (Å²) in [5.74, 6) is 0.594. The maximum absolute atomic E-state index is 11.4. The minimum Gasteiger partial charge on any atom is -0.381 e. The number of likely N-dealkylation sites (tertiary alicyclic amines) is 1. The van der Waals surface area contributed by atoms with Gasteiger partial charge in [-0.25, -0.2) is 4.98 Å². The van der Waals surface area contributed by atoms with Gasteiger partial charge in [0.15, 0.2) is 0 Å². The molecule has 2 heterocycles. The van der Waals surface area contributed by atoms with Gasteiger partial charge in [0.2, 0.25) is 5.91 Å². The zero-order valence-electron chi connectivity index (χ0n) is 16.2. The number of nitrogens with zero attached hydrogens (tertiary/aromatic N) is 3. The molecule has 1 fully saturated rings. The average molecular weight is 367 g/mol. The Balaban J connectivity index is 1.54. The molecule has 3 rings (SSSR count). The van der Waals surface area contributed by atoms with Crippen molar-refractivity contribution in [1.82, 2.24) is 9.88 Å². The summed E-state index contributed by atoms with van der Waals surface area (Å²) in [4.78, 5) is 20.3. The molecule has 1 atom stereocenters. The summed E-state index contributed by atoms with van der Waals surface area (Å²) in [6, 6.07) is 12.2. The highest BCUT2D eigenvalue weighted by molar-refractivity contribution is 5.92. The van der Waals surface area contributed by atoms with Crippen LogP contribution in [0.5, 0.6) is 0 Å². The summed E-state index contributed by atoms with van der Waals surface area (Å²) in [5.41, 5.74) is 8.19. The van der Waals surface area contributed by atoms with Crippen molar-refractivity contribution in [3.8, 4) is 0 Å². The molecule has 1 amide bonds. The van der Waals surface area contributed by atoms with Crippen LogP contribution in [-0.2, 0) is 6.54 Å². The lowest BCUT2D eigenvalue weighted by Gasteiger charge is -2.21. The molecule has 0 unspecified atom stereocenters. The fraction of sp³-hybridized carbons (Fsp3) is 0.429. The summed E-state index contributed by atoms with van der Waals surface area (Å²) >= 11 is 0. The van der Waals surface area contributed by atoms with Crippen LogP contribution in [-0.4, -0.2) is 49.0 Å². The molecule has 1 saturated heterocycles. The van der Waals surface area contributed by atoms with Crippen molar-refractivity contribution in [2.24, 2.45) is 5.73 Å². The van der Waals surface area contributed by atoms with E-state index < -0.39 is 0 Å². The Bertz CT molecular complexity index is 759. The van der Waals surface area contributed by atoms with Crippen molar-refractivity contribution in [2.75, 3.05) is 37.4 Å². The molecular weight excluding hydrogens is 338 g/mol. The first-order valence-electron chi connectivity index (χ1n) is 9.52. The minimum absolute atomic E-state index is 0.370. The third-order valence-corrected chi connectivity index (χ3v) is 5.02. The number of aromatic nitrogens is 1. The number of amides is 1. The van der Waals surface area contributed by atoms with Gasteiger partial charge in [0.05, 0.1) is 11.9 Å². The molecule has 0 bridgehead atoms. The molecule has 144 valence electrons. The van der Waals surface area contributed by atoms with Gasteiger partial charge in [-0.15, -0.1) is 0 Å². The highest BCUT2D eigenvalue weighted by Gasteiger charge is 2.17. The van der Waals surface area contributed by atoms with Crippen LogP contribution in [0.15, 0.2) is 42.6 Å². The monoisotopic (exact) mass is 367 g/mol. The molecule has 0 aliphatic carbocycles. The molecule has 6 heteroatoms. The van der Waals surface area contributed by atoms with Gasteiger partial charge < -0.3 is 16.0 Å². The van der Waals surface area contributed by atoms with Crippen LogP contribution >= 0.6 is 0 Å². The number of hydrogen-bond acceptors (Lipinski definition) is 5. The summed E-state index contributed by atoms with van der Waals surface area (Å²) in [5, 5.41) is 3.63. The molecule has 1 aliphatic rings. The van der Waals surface area contributed by atoms with Gasteiger partial charge in [-0.1, -0.05) is 12.1 Å². The Kier molecular flexibility index (Phi) is 6.29. The maximum atomic E-state index is 11.4. The van der Waals surface area contributed by atoms with E-state index in [0.29, 0.717) is 11.6 Å². The molecule has 27 heavy (non-hydrogen) atoms. The number of nitrogens with one attached hydrogen (secondary N) is 1. The summed E-state index contributed by atoms with van der Waals surface area (Å²) in [7, 11) is 3.99. The number of carbonyl (C=O) groups is 1. The van der Waals surface area contributed by atoms with E-state index >= 15 is 0 Å². The quantitative estimate of drug-likeness (QED) is 0.821. The van der Waals surface area contributed by atoms with Crippen LogP contribution in [0.4, 0.5) is 11.5 Å². The fourth-order valence-corrected chi connectivity index (χ4v) is 3.51. The standard InChI is InChI=1S/C21H29N5O/c1-25(2)20-9-8-19(14-23-20)24-18-7-4-11-26(12-10-18)15-16-5-3-6-17(13-16)21(22)27/h3,5-6,8-9,13-14,18,24H,4,7,10-12,15H2,1-2H3,(H2,22,27)/t18-/m1/s1. The van der Waals surface area contributed by atoms with Gasteiger partial charge in [-0.2, -0.15) is 0 Å². The van der Waals surface area contributed by atoms with E-state index in [9.17, 15) is 4.79 Å². The smallest absolute Gasteiger partial charge is 0.248 e. The van der Waals surface area contributed by atoms with E-state index in [0.717, 1.165) is 56.0 Å². The van der Waals surface area contributed by atoms with E-state index in [-0.39, 0.29) is 5.91 Å². The Labute approximate surface area is 161 Å². The second-order valence-corrected chi connectivity index (χ2v) is 7.41. The Morgan fingerprint density at radius 3 is 2.81 bits per heavy atom. The Hall–Kier alpha value is -2.60. The highest BCUT2D eigenvalue weighted by atomic mass is 16.1. The molecule has 0 spiro atoms. The predicted molar refractivity (Wildman–Crippen MR) is 110 cm³/mol. The Morgan fingerprint density at radius 1 is 1.26 bits per heavy atom. The normalized spacial score (nSPS) is 17.9. The molecule has 3 N–H and O–H groups in total. The number of hydrogen-bond donors (Lipinski definition) is 2. The summed E-state index contributed by atoms with van der Waals surface area (Å²) in [6.07, 6.45) is 5.29. The molecule has 1 aromatic carbocycles. The van der Waals surface area contributed by atoms with Gasteiger partial charge >= 0.3 is 0 Å². The van der Waals surface area contributed by atoms with Gasteiger partial charge in [-0.05, 0) is 55.6 Å². The third-order valence-electron chi connectivity index (χ3n) is 5.02. The SMILES string of the molecule is CN(C)c1ccc(N[C@@H]2CCCN(Cc3cccc(C(N)=O)c3)CC2)cn1. The highest BCUT2D eigenvalue weighted by Crippen LogP contribution is 2.19. The number of rotatable bonds is 6. The van der Waals surface area contributed by atoms with Gasteiger partial charge in [-0.3, -0.25) is 9.69 Å². The van der Waals surface area contributed by atoms with Crippen LogP contribution in [0, 0.1) is 0 Å². The minimum atomic E-state index is -0.370. The molecule has 0 saturated carbocycles. The number of carbonyl (C=O) groups excluding carboxylic acids is 1. The van der Waals surface area contributed by atoms with E-state index in [1.54, 1.807) is 6.07 Å². The first-order chi connectivity index (χ1) is 13.0. The molecule has 0 radical (unpaired) electrons. The lowest BCUT2D eigenvalue weighted by Crippen LogP contribution is -2.26. The number of benzene rings is 1. The number of nitrogens with two attached hydrogens (primary N) is 1. The molecule has 2 aromatic rings. The predicted octanol–water partition coefficient (Wildman–Crippen LogP) is 2.71. The zero-order chi connectivity index (χ0) is 19.2. The topological polar surface area (TPSA) is 74.5 Å². The van der Waals surface area contributed by atoms with E-state index in [1.807, 2.05) is 43.4 Å². The van der Waals surface area contributed by atoms with Crippen molar-refractivity contribution >= 4 is 17.4 Å². The largest absolute Gasteiger partial charge is 0.381 e. The van der Waals surface area contributed by atoms with Crippen LogP contribution in [0.1, 0.15) is 35.2 Å². The zero-order valence-corrected chi connectivity index (χ0v) is 16.2. The van der Waals surface area contributed by atoms with E-state index in [2.05, 4.69) is 27.3 Å². The molecular formula is C21H29N5O. The third kappa shape index (κ3) is 5.44. The first kappa shape index (κ1) is 19.2. The second-order valence-electron chi connectivity index (χ2n) is 7.41. The second kappa shape index (κ2) is 8.86. The molecule has 1 aliphatic heterocycles. The van der Waals surface area contributed by atoms with Gasteiger partial charge in [0, 0.05) is 38.8 Å². The molecule has 6 nitrogen and oxygen atoms in total. The fourth-order valence-electron chi connectivity index (χ4n) is 3.51. The molecule has 1 aromatic heterocycles. The van der Waals surface area contributed by atoms with Crippen molar-refractivity contribution in [3.05, 3.63) is 53.7 Å². The lowest BCUT2D eigenvalue weighted by atomic mass is 10.1. The lowest BCUT2D eigenvalue weighted by molar-refractivity contribution is 0.1000. The van der Waals surface area contributed by atoms with Crippen molar-refractivity contribution in [3.63, 3.8) is 0 Å².